The fourth-order valence-electron chi connectivity index (χ4n) is 0.342. The normalized spacial score (nSPS) is 10.0. The third kappa shape index (κ3) is 3.64. The molecule has 0 saturated heterocycles. The van der Waals surface area contributed by atoms with Gasteiger partial charge in [0.05, 0.1) is 0 Å². The van der Waals surface area contributed by atoms with E-state index in [0.29, 0.717) is 0 Å². The first-order chi connectivity index (χ1) is 4.18. The Balaban J connectivity index is 3.77. The van der Waals surface area contributed by atoms with E-state index in [0.717, 1.165) is 6.42 Å². The monoisotopic (exact) mass is 126 g/mol. The Morgan fingerprint density at radius 2 is 2.00 bits per heavy atom. The maximum Gasteiger partial charge on any atom is 0.220 e. The number of hydrogen-bond acceptors (Lipinski definition) is 2. The maximum atomic E-state index is 10.5. The lowest BCUT2D eigenvalue weighted by Gasteiger charge is -1.81. The van der Waals surface area contributed by atoms with Gasteiger partial charge in [-0.25, -0.2) is 0 Å². The molecule has 0 unspecified atom stereocenters. The van der Waals surface area contributed by atoms with E-state index in [-0.39, 0.29) is 0 Å². The van der Waals surface area contributed by atoms with Crippen LogP contribution in [0.4, 0.5) is 0 Å². The molecule has 0 rings (SSSR count). The average molecular weight is 126 g/mol. The molecule has 0 radical (unpaired) electrons. The van der Waals surface area contributed by atoms with Crippen molar-refractivity contribution in [1.29, 1.82) is 0 Å². The molecule has 50 valence electrons. The second-order valence-electron chi connectivity index (χ2n) is 1.73. The molecule has 0 fully saturated rings. The predicted molar refractivity (Wildman–Crippen MR) is 35.1 cm³/mol. The van der Waals surface area contributed by atoms with Crippen molar-refractivity contribution in [3.8, 4) is 0 Å². The highest BCUT2D eigenvalue weighted by molar-refractivity contribution is 6.40. The summed E-state index contributed by atoms with van der Waals surface area (Å²) in [6.07, 6.45) is 3.77. The smallest absolute Gasteiger partial charge is 0.220 e. The minimum absolute atomic E-state index is 0.403. The van der Waals surface area contributed by atoms with Crippen LogP contribution >= 0.6 is 0 Å². The standard InChI is InChI=1S/C7H10O2/c1-3-4-5-7(9)6(2)8/h4-5H,3H2,1-2H3/b5-4-. The zero-order valence-electron chi connectivity index (χ0n) is 5.68. The summed E-state index contributed by atoms with van der Waals surface area (Å²) < 4.78 is 0. The van der Waals surface area contributed by atoms with E-state index >= 15 is 0 Å². The van der Waals surface area contributed by atoms with Gasteiger partial charge >= 0.3 is 0 Å². The highest BCUT2D eigenvalue weighted by atomic mass is 16.2. The van der Waals surface area contributed by atoms with E-state index < -0.39 is 11.6 Å². The lowest BCUT2D eigenvalue weighted by molar-refractivity contribution is -0.132. The van der Waals surface area contributed by atoms with Crippen LogP contribution in [0.3, 0.4) is 0 Å². The van der Waals surface area contributed by atoms with Gasteiger partial charge in [0.15, 0.2) is 5.78 Å². The minimum atomic E-state index is -0.420. The van der Waals surface area contributed by atoms with Crippen LogP contribution in [0.15, 0.2) is 12.2 Å². The van der Waals surface area contributed by atoms with Crippen molar-refractivity contribution in [3.63, 3.8) is 0 Å². The molecular formula is C7H10O2. The van der Waals surface area contributed by atoms with Crippen molar-refractivity contribution in [2.24, 2.45) is 0 Å². The van der Waals surface area contributed by atoms with Crippen LogP contribution in [0.5, 0.6) is 0 Å². The second-order valence-corrected chi connectivity index (χ2v) is 1.73. The van der Waals surface area contributed by atoms with Crippen LogP contribution < -0.4 is 0 Å². The number of carbonyl (C=O) groups excluding carboxylic acids is 2. The van der Waals surface area contributed by atoms with Crippen molar-refractivity contribution in [2.75, 3.05) is 0 Å². The summed E-state index contributed by atoms with van der Waals surface area (Å²) in [4.78, 5) is 20.7. The van der Waals surface area contributed by atoms with Gasteiger partial charge in [-0.1, -0.05) is 13.0 Å². The molecule has 9 heavy (non-hydrogen) atoms. The molecule has 0 bridgehead atoms. The average Bonchev–Trinajstić information content (AvgIpc) is 1.82. The van der Waals surface area contributed by atoms with Gasteiger partial charge in [-0.05, 0) is 12.5 Å². The van der Waals surface area contributed by atoms with Crippen molar-refractivity contribution in [2.45, 2.75) is 20.3 Å². The third-order valence-corrected chi connectivity index (χ3v) is 0.852. The fourth-order valence-corrected chi connectivity index (χ4v) is 0.342. The maximum absolute atomic E-state index is 10.5. The van der Waals surface area contributed by atoms with Crippen LogP contribution in [-0.2, 0) is 9.59 Å². The van der Waals surface area contributed by atoms with E-state index in [9.17, 15) is 9.59 Å². The SMILES string of the molecule is CC/C=C\C(=O)C(C)=O. The van der Waals surface area contributed by atoms with Crippen molar-refractivity contribution in [3.05, 3.63) is 12.2 Å². The van der Waals surface area contributed by atoms with Gasteiger partial charge in [0.1, 0.15) is 0 Å². The Morgan fingerprint density at radius 3 is 2.33 bits per heavy atom. The summed E-state index contributed by atoms with van der Waals surface area (Å²) in [5.74, 6) is -0.823. The van der Waals surface area contributed by atoms with E-state index in [1.54, 1.807) is 6.08 Å². The molecule has 0 aromatic rings. The minimum Gasteiger partial charge on any atom is -0.291 e. The Hall–Kier alpha value is -0.920. The quantitative estimate of drug-likeness (QED) is 0.419. The fraction of sp³-hybridized carbons (Fsp3) is 0.429. The molecule has 0 aromatic heterocycles. The summed E-state index contributed by atoms with van der Waals surface area (Å²) in [5, 5.41) is 0. The molecule has 0 aromatic carbocycles. The Kier molecular flexibility index (Phi) is 3.60. The van der Waals surface area contributed by atoms with Crippen molar-refractivity contribution in [1.82, 2.24) is 0 Å². The van der Waals surface area contributed by atoms with E-state index in [2.05, 4.69) is 0 Å². The first-order valence-corrected chi connectivity index (χ1v) is 2.90. The first kappa shape index (κ1) is 8.08. The van der Waals surface area contributed by atoms with Crippen molar-refractivity contribution < 1.29 is 9.59 Å². The van der Waals surface area contributed by atoms with Gasteiger partial charge in [0, 0.05) is 6.92 Å². The molecule has 0 aliphatic rings. The Morgan fingerprint density at radius 1 is 1.44 bits per heavy atom. The number of carbonyl (C=O) groups is 2. The zero-order chi connectivity index (χ0) is 7.28. The summed E-state index contributed by atoms with van der Waals surface area (Å²) >= 11 is 0. The van der Waals surface area contributed by atoms with Gasteiger partial charge in [-0.3, -0.25) is 9.59 Å². The molecule has 0 aliphatic carbocycles. The molecule has 0 atom stereocenters. The van der Waals surface area contributed by atoms with Crippen LogP contribution in [0.1, 0.15) is 20.3 Å². The van der Waals surface area contributed by atoms with Crippen LogP contribution in [0.25, 0.3) is 0 Å². The first-order valence-electron chi connectivity index (χ1n) is 2.90. The lowest BCUT2D eigenvalue weighted by atomic mass is 10.2. The number of Topliss-reactive ketones (excluding diaryl/α,β-unsaturated/α-hetero) is 1. The van der Waals surface area contributed by atoms with E-state index in [4.69, 9.17) is 0 Å². The summed E-state index contributed by atoms with van der Waals surface area (Å²) in [6, 6.07) is 0. The Bertz CT molecular complexity index is 145. The number of rotatable bonds is 3. The summed E-state index contributed by atoms with van der Waals surface area (Å²) in [5.41, 5.74) is 0. The molecule has 0 saturated carbocycles. The van der Waals surface area contributed by atoms with Gasteiger partial charge in [-0.2, -0.15) is 0 Å². The molecular weight excluding hydrogens is 116 g/mol. The molecule has 2 nitrogen and oxygen atoms in total. The third-order valence-electron chi connectivity index (χ3n) is 0.852. The molecule has 0 aliphatic heterocycles. The molecule has 0 N–H and O–H groups in total. The number of hydrogen-bond donors (Lipinski definition) is 0. The zero-order valence-corrected chi connectivity index (χ0v) is 5.68. The molecule has 2 heteroatoms. The number of allylic oxidation sites excluding steroid dienone is 2. The van der Waals surface area contributed by atoms with Crippen LogP contribution in [0.2, 0.25) is 0 Å². The highest BCUT2D eigenvalue weighted by Crippen LogP contribution is 1.82. The molecule has 0 heterocycles. The lowest BCUT2D eigenvalue weighted by Crippen LogP contribution is -2.04. The molecule has 0 amide bonds. The Labute approximate surface area is 54.6 Å². The largest absolute Gasteiger partial charge is 0.291 e. The van der Waals surface area contributed by atoms with Gasteiger partial charge < -0.3 is 0 Å². The second kappa shape index (κ2) is 4.01. The van der Waals surface area contributed by atoms with Gasteiger partial charge in [-0.15, -0.1) is 0 Å². The van der Waals surface area contributed by atoms with E-state index in [1.165, 1.54) is 13.0 Å². The topological polar surface area (TPSA) is 34.1 Å². The highest BCUT2D eigenvalue weighted by Gasteiger charge is 1.99. The van der Waals surface area contributed by atoms with Crippen molar-refractivity contribution >= 4 is 11.6 Å². The summed E-state index contributed by atoms with van der Waals surface area (Å²) in [6.45, 7) is 3.17. The summed E-state index contributed by atoms with van der Waals surface area (Å²) in [7, 11) is 0. The van der Waals surface area contributed by atoms with Crippen LogP contribution in [0, 0.1) is 0 Å². The number of ketones is 2. The van der Waals surface area contributed by atoms with E-state index in [1.807, 2.05) is 6.92 Å². The predicted octanol–water partition coefficient (Wildman–Crippen LogP) is 1.11. The van der Waals surface area contributed by atoms with Gasteiger partial charge in [0.25, 0.3) is 0 Å². The van der Waals surface area contributed by atoms with Crippen LogP contribution in [-0.4, -0.2) is 11.6 Å². The molecule has 0 spiro atoms. The van der Waals surface area contributed by atoms with Gasteiger partial charge in [0.2, 0.25) is 5.78 Å².